The van der Waals surface area contributed by atoms with Crippen molar-refractivity contribution in [3.8, 4) is 5.75 Å². The molecule has 5 heteroatoms. The number of amides is 1. The molecule has 3 rings (SSSR count). The molecule has 0 aromatic heterocycles. The largest absolute Gasteiger partial charge is 0.492 e. The number of ether oxygens (including phenoxy) is 1. The van der Waals surface area contributed by atoms with E-state index in [9.17, 15) is 4.79 Å². The monoisotopic (exact) mass is 414 g/mol. The lowest BCUT2D eigenvalue weighted by atomic mass is 10.2. The molecule has 0 spiro atoms. The van der Waals surface area contributed by atoms with E-state index in [-0.39, 0.29) is 5.91 Å². The first-order valence-electron chi connectivity index (χ1n) is 8.86. The van der Waals surface area contributed by atoms with Gasteiger partial charge in [0.05, 0.1) is 12.3 Å². The Kier molecular flexibility index (Phi) is 6.34. The van der Waals surface area contributed by atoms with Crippen molar-refractivity contribution in [3.63, 3.8) is 0 Å². The fourth-order valence-electron chi connectivity index (χ4n) is 3.05. The second-order valence-corrected chi connectivity index (χ2v) is 7.02. The Morgan fingerprint density at radius 1 is 1.12 bits per heavy atom. The summed E-state index contributed by atoms with van der Waals surface area (Å²) < 4.78 is 6.73. The fourth-order valence-corrected chi connectivity index (χ4v) is 3.46. The standard InChI is InChI=1S/C21H23BrN2O2/c1-2-26-20-9-4-3-8-19(20)23-12-14-24(15-13-23)21(25)11-10-17-6-5-7-18(22)16-17/h3-11,16H,2,12-15H2,1H3/b11-10+. The number of anilines is 1. The Balaban J connectivity index is 1.59. The summed E-state index contributed by atoms with van der Waals surface area (Å²) in [6, 6.07) is 16.0. The van der Waals surface area contributed by atoms with E-state index in [1.54, 1.807) is 6.08 Å². The molecule has 4 nitrogen and oxygen atoms in total. The molecular formula is C21H23BrN2O2. The van der Waals surface area contributed by atoms with Crippen molar-refractivity contribution in [1.82, 2.24) is 4.90 Å². The van der Waals surface area contributed by atoms with Crippen LogP contribution in [0.2, 0.25) is 0 Å². The summed E-state index contributed by atoms with van der Waals surface area (Å²) in [5.74, 6) is 0.965. The molecule has 0 N–H and O–H groups in total. The van der Waals surface area contributed by atoms with Crippen LogP contribution in [0.4, 0.5) is 5.69 Å². The number of carbonyl (C=O) groups is 1. The lowest BCUT2D eigenvalue weighted by Gasteiger charge is -2.36. The maximum atomic E-state index is 12.5. The van der Waals surface area contributed by atoms with Gasteiger partial charge in [0.25, 0.3) is 0 Å². The first kappa shape index (κ1) is 18.5. The lowest BCUT2D eigenvalue weighted by Crippen LogP contribution is -2.48. The van der Waals surface area contributed by atoms with E-state index in [0.717, 1.165) is 34.6 Å². The number of benzene rings is 2. The summed E-state index contributed by atoms with van der Waals surface area (Å²) in [5.41, 5.74) is 2.11. The molecule has 2 aromatic rings. The van der Waals surface area contributed by atoms with Crippen LogP contribution in [-0.2, 0) is 4.79 Å². The van der Waals surface area contributed by atoms with Gasteiger partial charge in [0.1, 0.15) is 5.75 Å². The molecule has 0 bridgehead atoms. The SMILES string of the molecule is CCOc1ccccc1N1CCN(C(=O)/C=C/c2cccc(Br)c2)CC1. The van der Waals surface area contributed by atoms with Crippen LogP contribution in [0.1, 0.15) is 12.5 Å². The second-order valence-electron chi connectivity index (χ2n) is 6.10. The average Bonchev–Trinajstić information content (AvgIpc) is 2.67. The van der Waals surface area contributed by atoms with Crippen molar-refractivity contribution in [2.75, 3.05) is 37.7 Å². The van der Waals surface area contributed by atoms with Crippen LogP contribution >= 0.6 is 15.9 Å². The lowest BCUT2D eigenvalue weighted by molar-refractivity contribution is -0.126. The van der Waals surface area contributed by atoms with E-state index in [1.807, 2.05) is 60.4 Å². The average molecular weight is 415 g/mol. The van der Waals surface area contributed by atoms with E-state index in [2.05, 4.69) is 26.9 Å². The Morgan fingerprint density at radius 3 is 2.62 bits per heavy atom. The maximum Gasteiger partial charge on any atom is 0.246 e. The number of carbonyl (C=O) groups excluding carboxylic acids is 1. The van der Waals surface area contributed by atoms with Gasteiger partial charge in [0.15, 0.2) is 0 Å². The molecule has 1 heterocycles. The fraction of sp³-hybridized carbons (Fsp3) is 0.286. The van der Waals surface area contributed by atoms with Gasteiger partial charge in [-0.3, -0.25) is 4.79 Å². The minimum absolute atomic E-state index is 0.0581. The van der Waals surface area contributed by atoms with Crippen molar-refractivity contribution in [1.29, 1.82) is 0 Å². The van der Waals surface area contributed by atoms with Crippen LogP contribution in [0.15, 0.2) is 59.1 Å². The zero-order chi connectivity index (χ0) is 18.4. The number of para-hydroxylation sites is 2. The van der Waals surface area contributed by atoms with Crippen LogP contribution in [-0.4, -0.2) is 43.6 Å². The number of hydrogen-bond donors (Lipinski definition) is 0. The highest BCUT2D eigenvalue weighted by Crippen LogP contribution is 2.28. The summed E-state index contributed by atoms with van der Waals surface area (Å²) in [4.78, 5) is 16.6. The van der Waals surface area contributed by atoms with Gasteiger partial charge >= 0.3 is 0 Å². The van der Waals surface area contributed by atoms with Gasteiger partial charge in [-0.1, -0.05) is 40.2 Å². The minimum atomic E-state index is 0.0581. The predicted molar refractivity (Wildman–Crippen MR) is 110 cm³/mol. The third-order valence-corrected chi connectivity index (χ3v) is 4.86. The van der Waals surface area contributed by atoms with Gasteiger partial charge < -0.3 is 14.5 Å². The molecule has 26 heavy (non-hydrogen) atoms. The third-order valence-electron chi connectivity index (χ3n) is 4.36. The first-order chi connectivity index (χ1) is 12.7. The Hall–Kier alpha value is -2.27. The van der Waals surface area contributed by atoms with Crippen molar-refractivity contribution >= 4 is 33.6 Å². The van der Waals surface area contributed by atoms with Gasteiger partial charge in [0, 0.05) is 36.7 Å². The molecule has 0 radical (unpaired) electrons. The molecule has 0 unspecified atom stereocenters. The first-order valence-corrected chi connectivity index (χ1v) is 9.66. The van der Waals surface area contributed by atoms with Crippen LogP contribution in [0, 0.1) is 0 Å². The van der Waals surface area contributed by atoms with Gasteiger partial charge in [-0.15, -0.1) is 0 Å². The molecule has 1 aliphatic heterocycles. The highest BCUT2D eigenvalue weighted by molar-refractivity contribution is 9.10. The number of hydrogen-bond acceptors (Lipinski definition) is 3. The third kappa shape index (κ3) is 4.67. The number of rotatable bonds is 5. The Morgan fingerprint density at radius 2 is 1.88 bits per heavy atom. The predicted octanol–water partition coefficient (Wildman–Crippen LogP) is 4.21. The Bertz CT molecular complexity index is 783. The van der Waals surface area contributed by atoms with Gasteiger partial charge in [-0.2, -0.15) is 0 Å². The Labute approximate surface area is 163 Å². The molecule has 0 atom stereocenters. The quantitative estimate of drug-likeness (QED) is 0.686. The zero-order valence-corrected chi connectivity index (χ0v) is 16.5. The molecular weight excluding hydrogens is 392 g/mol. The van der Waals surface area contributed by atoms with Crippen LogP contribution < -0.4 is 9.64 Å². The van der Waals surface area contributed by atoms with E-state index in [0.29, 0.717) is 19.7 Å². The molecule has 0 aliphatic carbocycles. The smallest absolute Gasteiger partial charge is 0.246 e. The van der Waals surface area contributed by atoms with Gasteiger partial charge in [-0.25, -0.2) is 0 Å². The summed E-state index contributed by atoms with van der Waals surface area (Å²) in [6.45, 7) is 5.67. The van der Waals surface area contributed by atoms with Crippen LogP contribution in [0.5, 0.6) is 5.75 Å². The molecule has 2 aromatic carbocycles. The number of nitrogens with zero attached hydrogens (tertiary/aromatic N) is 2. The van der Waals surface area contributed by atoms with Crippen molar-refractivity contribution in [2.24, 2.45) is 0 Å². The van der Waals surface area contributed by atoms with Crippen LogP contribution in [0.3, 0.4) is 0 Å². The van der Waals surface area contributed by atoms with E-state index < -0.39 is 0 Å². The van der Waals surface area contributed by atoms with Crippen molar-refractivity contribution in [2.45, 2.75) is 6.92 Å². The van der Waals surface area contributed by atoms with Gasteiger partial charge in [-0.05, 0) is 42.8 Å². The van der Waals surface area contributed by atoms with E-state index in [1.165, 1.54) is 0 Å². The van der Waals surface area contributed by atoms with Crippen LogP contribution in [0.25, 0.3) is 6.08 Å². The summed E-state index contributed by atoms with van der Waals surface area (Å²) in [7, 11) is 0. The summed E-state index contributed by atoms with van der Waals surface area (Å²) in [6.07, 6.45) is 3.52. The van der Waals surface area contributed by atoms with E-state index >= 15 is 0 Å². The highest BCUT2D eigenvalue weighted by atomic mass is 79.9. The molecule has 136 valence electrons. The van der Waals surface area contributed by atoms with Gasteiger partial charge in [0.2, 0.25) is 5.91 Å². The second kappa shape index (κ2) is 8.90. The topological polar surface area (TPSA) is 32.8 Å². The maximum absolute atomic E-state index is 12.5. The van der Waals surface area contributed by atoms with Crippen molar-refractivity contribution < 1.29 is 9.53 Å². The number of piperazine rings is 1. The molecule has 1 saturated heterocycles. The molecule has 1 amide bonds. The summed E-state index contributed by atoms with van der Waals surface area (Å²) >= 11 is 3.45. The zero-order valence-electron chi connectivity index (χ0n) is 14.9. The van der Waals surface area contributed by atoms with Crippen molar-refractivity contribution in [3.05, 3.63) is 64.6 Å². The molecule has 1 aliphatic rings. The molecule has 1 fully saturated rings. The molecule has 0 saturated carbocycles. The number of halogens is 1. The van der Waals surface area contributed by atoms with E-state index in [4.69, 9.17) is 4.74 Å². The minimum Gasteiger partial charge on any atom is -0.492 e. The normalized spacial score (nSPS) is 14.7. The highest BCUT2D eigenvalue weighted by Gasteiger charge is 2.21. The summed E-state index contributed by atoms with van der Waals surface area (Å²) in [5, 5.41) is 0.